The summed E-state index contributed by atoms with van der Waals surface area (Å²) in [6.45, 7) is 1.76. The zero-order chi connectivity index (χ0) is 17.4. The molecule has 126 valence electrons. The number of aryl methyl sites for hydroxylation is 1. The van der Waals surface area contributed by atoms with E-state index < -0.39 is 23.6 Å². The summed E-state index contributed by atoms with van der Waals surface area (Å²) in [6.07, 6.45) is 0.772. The predicted molar refractivity (Wildman–Crippen MR) is 88.9 cm³/mol. The lowest BCUT2D eigenvalue weighted by molar-refractivity contribution is -0.139. The lowest BCUT2D eigenvalue weighted by Gasteiger charge is -2.01. The van der Waals surface area contributed by atoms with E-state index in [1.807, 2.05) is 0 Å². The highest BCUT2D eigenvalue weighted by Crippen LogP contribution is 2.40. The number of thiazole rings is 1. The van der Waals surface area contributed by atoms with Crippen molar-refractivity contribution in [3.8, 4) is 0 Å². The number of carboxylic acids is 1. The number of hydrogen-bond donors (Lipinski definition) is 2. The van der Waals surface area contributed by atoms with Gasteiger partial charge < -0.3 is 10.4 Å². The molecule has 3 rings (SSSR count). The number of nitrogens with zero attached hydrogens (tertiary/aromatic N) is 1. The summed E-state index contributed by atoms with van der Waals surface area (Å²) in [5.41, 5.74) is 1.35. The number of anilines is 1. The number of halogens is 2. The first kappa shape index (κ1) is 16.9. The van der Waals surface area contributed by atoms with E-state index in [0.29, 0.717) is 34.1 Å². The van der Waals surface area contributed by atoms with Gasteiger partial charge in [-0.15, -0.1) is 11.3 Å². The first-order valence-corrected chi connectivity index (χ1v) is 8.48. The third-order valence-electron chi connectivity index (χ3n) is 3.80. The number of rotatable bonds is 5. The molecule has 5 nitrogen and oxygen atoms in total. The summed E-state index contributed by atoms with van der Waals surface area (Å²) in [7, 11) is 0. The average Bonchev–Trinajstić information content (AvgIpc) is 3.19. The Morgan fingerprint density at radius 2 is 2.17 bits per heavy atom. The van der Waals surface area contributed by atoms with Crippen LogP contribution in [0.5, 0.6) is 0 Å². The smallest absolute Gasteiger partial charge is 0.307 e. The van der Waals surface area contributed by atoms with E-state index in [4.69, 9.17) is 16.7 Å². The number of carbonyl (C=O) groups excluding carboxylic acids is 1. The molecule has 0 bridgehead atoms. The van der Waals surface area contributed by atoms with Gasteiger partial charge >= 0.3 is 5.97 Å². The van der Waals surface area contributed by atoms with Crippen LogP contribution in [-0.4, -0.2) is 22.0 Å². The summed E-state index contributed by atoms with van der Waals surface area (Å²) in [4.78, 5) is 27.2. The Kier molecular flexibility index (Phi) is 4.56. The van der Waals surface area contributed by atoms with Crippen LogP contribution in [0, 0.1) is 24.6 Å². The molecule has 24 heavy (non-hydrogen) atoms. The Hall–Kier alpha value is -1.99. The van der Waals surface area contributed by atoms with E-state index in [2.05, 4.69) is 10.3 Å². The van der Waals surface area contributed by atoms with E-state index in [1.54, 1.807) is 13.0 Å². The number of carboxylic acid groups (broad SMARTS) is 1. The zero-order valence-corrected chi connectivity index (χ0v) is 14.2. The molecule has 2 unspecified atom stereocenters. The van der Waals surface area contributed by atoms with Crippen LogP contribution in [0.25, 0.3) is 0 Å². The van der Waals surface area contributed by atoms with Crippen LogP contribution in [0.4, 0.5) is 9.39 Å². The van der Waals surface area contributed by atoms with Crippen LogP contribution < -0.4 is 5.32 Å². The van der Waals surface area contributed by atoms with E-state index in [9.17, 15) is 14.0 Å². The topological polar surface area (TPSA) is 79.3 Å². The molecule has 1 aromatic heterocycles. The average molecular weight is 369 g/mol. The van der Waals surface area contributed by atoms with Gasteiger partial charge in [0.1, 0.15) is 10.8 Å². The normalized spacial score (nSPS) is 19.1. The van der Waals surface area contributed by atoms with Gasteiger partial charge in [-0.2, -0.15) is 0 Å². The van der Waals surface area contributed by atoms with Crippen molar-refractivity contribution in [2.45, 2.75) is 19.8 Å². The maximum absolute atomic E-state index is 13.4. The second-order valence-electron chi connectivity index (χ2n) is 5.75. The largest absolute Gasteiger partial charge is 0.481 e. The highest BCUT2D eigenvalue weighted by Gasteiger charge is 2.48. The van der Waals surface area contributed by atoms with Gasteiger partial charge in [0.2, 0.25) is 5.91 Å². The fourth-order valence-corrected chi connectivity index (χ4v) is 3.74. The summed E-state index contributed by atoms with van der Waals surface area (Å²) >= 11 is 7.13. The maximum atomic E-state index is 13.4. The van der Waals surface area contributed by atoms with Crippen LogP contribution in [0.15, 0.2) is 18.2 Å². The highest BCUT2D eigenvalue weighted by atomic mass is 35.5. The minimum Gasteiger partial charge on any atom is -0.481 e. The Labute approximate surface area is 146 Å². The van der Waals surface area contributed by atoms with Gasteiger partial charge in [-0.05, 0) is 37.1 Å². The van der Waals surface area contributed by atoms with Crippen molar-refractivity contribution < 1.29 is 19.1 Å². The molecule has 1 amide bonds. The third-order valence-corrected chi connectivity index (χ3v) is 5.09. The Morgan fingerprint density at radius 1 is 1.42 bits per heavy atom. The van der Waals surface area contributed by atoms with E-state index >= 15 is 0 Å². The molecule has 0 saturated heterocycles. The molecule has 1 fully saturated rings. The zero-order valence-electron chi connectivity index (χ0n) is 12.7. The molecule has 1 heterocycles. The number of amides is 1. The lowest BCUT2D eigenvalue weighted by atomic mass is 10.1. The molecular formula is C16H14ClFN2O3S. The second-order valence-corrected chi connectivity index (χ2v) is 7.27. The SMILES string of the molecule is Cc1nc(Cc2cc(F)cc(Cl)c2)sc1NC(=O)C1CC1C(=O)O. The van der Waals surface area contributed by atoms with Gasteiger partial charge in [0.05, 0.1) is 22.5 Å². The quantitative estimate of drug-likeness (QED) is 0.846. The van der Waals surface area contributed by atoms with Crippen LogP contribution in [-0.2, 0) is 16.0 Å². The number of benzene rings is 1. The molecule has 8 heteroatoms. The summed E-state index contributed by atoms with van der Waals surface area (Å²) in [5.74, 6) is -2.72. The Morgan fingerprint density at radius 3 is 2.79 bits per heavy atom. The summed E-state index contributed by atoms with van der Waals surface area (Å²) < 4.78 is 13.4. The molecule has 1 aliphatic carbocycles. The Bertz CT molecular complexity index is 803. The molecule has 2 aromatic rings. The van der Waals surface area contributed by atoms with Crippen molar-refractivity contribution >= 4 is 39.8 Å². The molecule has 1 saturated carbocycles. The first-order chi connectivity index (χ1) is 11.3. The number of aliphatic carboxylic acids is 1. The van der Waals surface area contributed by atoms with Gasteiger partial charge in [-0.1, -0.05) is 11.6 Å². The molecule has 2 N–H and O–H groups in total. The molecule has 0 radical (unpaired) electrons. The van der Waals surface area contributed by atoms with Crippen molar-refractivity contribution in [2.24, 2.45) is 11.8 Å². The van der Waals surface area contributed by atoms with Gasteiger partial charge in [0, 0.05) is 11.4 Å². The summed E-state index contributed by atoms with van der Waals surface area (Å²) in [6, 6.07) is 4.29. The molecule has 0 spiro atoms. The van der Waals surface area contributed by atoms with Crippen molar-refractivity contribution in [2.75, 3.05) is 5.32 Å². The number of hydrogen-bond acceptors (Lipinski definition) is 4. The van der Waals surface area contributed by atoms with Gasteiger partial charge in [-0.25, -0.2) is 9.37 Å². The third kappa shape index (κ3) is 3.73. The summed E-state index contributed by atoms with van der Waals surface area (Å²) in [5, 5.41) is 13.2. The van der Waals surface area contributed by atoms with Crippen LogP contribution in [0.1, 0.15) is 22.7 Å². The molecule has 0 aliphatic heterocycles. The fourth-order valence-electron chi connectivity index (χ4n) is 2.49. The maximum Gasteiger partial charge on any atom is 0.307 e. The minimum absolute atomic E-state index is 0.297. The van der Waals surface area contributed by atoms with Crippen molar-refractivity contribution in [1.82, 2.24) is 4.98 Å². The molecular weight excluding hydrogens is 355 g/mol. The standard InChI is InChI=1S/C16H14ClFN2O3S/c1-7-15(20-14(21)11-6-12(11)16(22)23)24-13(19-7)4-8-2-9(17)5-10(18)3-8/h2-3,5,11-12H,4,6H2,1H3,(H,20,21)(H,22,23). The van der Waals surface area contributed by atoms with Crippen molar-refractivity contribution in [3.05, 3.63) is 45.3 Å². The fraction of sp³-hybridized carbons (Fsp3) is 0.312. The molecule has 1 aromatic carbocycles. The van der Waals surface area contributed by atoms with Crippen LogP contribution >= 0.6 is 22.9 Å². The van der Waals surface area contributed by atoms with Gasteiger partial charge in [0.25, 0.3) is 0 Å². The van der Waals surface area contributed by atoms with Crippen LogP contribution in [0.3, 0.4) is 0 Å². The van der Waals surface area contributed by atoms with E-state index in [0.717, 1.165) is 5.01 Å². The van der Waals surface area contributed by atoms with Crippen molar-refractivity contribution in [3.63, 3.8) is 0 Å². The number of carbonyl (C=O) groups is 2. The lowest BCUT2D eigenvalue weighted by Crippen LogP contribution is -2.16. The number of nitrogens with one attached hydrogen (secondary N) is 1. The monoisotopic (exact) mass is 368 g/mol. The Balaban J connectivity index is 1.69. The van der Waals surface area contributed by atoms with E-state index in [1.165, 1.54) is 23.5 Å². The first-order valence-electron chi connectivity index (χ1n) is 7.28. The van der Waals surface area contributed by atoms with Gasteiger partial charge in [-0.3, -0.25) is 9.59 Å². The molecule has 2 atom stereocenters. The van der Waals surface area contributed by atoms with Gasteiger partial charge in [0.15, 0.2) is 0 Å². The number of aromatic nitrogens is 1. The van der Waals surface area contributed by atoms with Crippen molar-refractivity contribution in [1.29, 1.82) is 0 Å². The second kappa shape index (κ2) is 6.49. The molecule has 1 aliphatic rings. The predicted octanol–water partition coefficient (Wildman–Crippen LogP) is 3.49. The van der Waals surface area contributed by atoms with E-state index in [-0.39, 0.29) is 5.91 Å². The minimum atomic E-state index is -0.945. The highest BCUT2D eigenvalue weighted by molar-refractivity contribution is 7.16. The van der Waals surface area contributed by atoms with Crippen LogP contribution in [0.2, 0.25) is 5.02 Å².